The number of aryl methyl sites for hydroxylation is 2. The number of halogens is 2. The van der Waals surface area contributed by atoms with E-state index in [1.165, 1.54) is 6.07 Å². The Morgan fingerprint density at radius 3 is 2.81 bits per heavy atom. The molecule has 0 amide bonds. The Kier molecular flexibility index (Phi) is 5.19. The molecule has 32 heavy (non-hydrogen) atoms. The number of hydrogen-bond acceptors (Lipinski definition) is 6. The molecule has 0 saturated carbocycles. The van der Waals surface area contributed by atoms with Crippen molar-refractivity contribution in [3.63, 3.8) is 0 Å². The van der Waals surface area contributed by atoms with Gasteiger partial charge in [0, 0.05) is 60.7 Å². The number of ether oxygens (including phenoxy) is 1. The lowest BCUT2D eigenvalue weighted by atomic mass is 10.00. The molecule has 0 spiro atoms. The molecule has 0 radical (unpaired) electrons. The third-order valence-electron chi connectivity index (χ3n) is 5.57. The van der Waals surface area contributed by atoms with Gasteiger partial charge >= 0.3 is 5.63 Å². The van der Waals surface area contributed by atoms with Crippen LogP contribution in [-0.2, 0) is 11.8 Å². The molecule has 7 nitrogen and oxygen atoms in total. The molecule has 1 aliphatic rings. The van der Waals surface area contributed by atoms with Gasteiger partial charge in [-0.3, -0.25) is 4.68 Å². The van der Waals surface area contributed by atoms with Crippen LogP contribution >= 0.6 is 11.6 Å². The van der Waals surface area contributed by atoms with E-state index >= 15 is 0 Å². The van der Waals surface area contributed by atoms with Crippen LogP contribution in [0.1, 0.15) is 17.6 Å². The highest BCUT2D eigenvalue weighted by atomic mass is 35.5. The highest BCUT2D eigenvalue weighted by Gasteiger charge is 2.25. The first kappa shape index (κ1) is 20.7. The fourth-order valence-electron chi connectivity index (χ4n) is 4.05. The van der Waals surface area contributed by atoms with Gasteiger partial charge in [-0.1, -0.05) is 11.6 Å². The van der Waals surface area contributed by atoms with Gasteiger partial charge in [-0.15, -0.1) is 0 Å². The minimum Gasteiger partial charge on any atom is -0.408 e. The second kappa shape index (κ2) is 8.03. The second-order valence-electron chi connectivity index (χ2n) is 7.79. The van der Waals surface area contributed by atoms with E-state index in [0.717, 1.165) is 11.3 Å². The zero-order valence-corrected chi connectivity index (χ0v) is 18.3. The van der Waals surface area contributed by atoms with Crippen molar-refractivity contribution in [2.24, 2.45) is 7.05 Å². The van der Waals surface area contributed by atoms with Crippen LogP contribution in [0, 0.1) is 12.7 Å². The van der Waals surface area contributed by atoms with Crippen LogP contribution in [0.2, 0.25) is 5.02 Å². The van der Waals surface area contributed by atoms with Crippen LogP contribution < -0.4 is 10.5 Å². The Bertz CT molecular complexity index is 1380. The number of benzene rings is 2. The van der Waals surface area contributed by atoms with Gasteiger partial charge in [0.1, 0.15) is 11.9 Å². The van der Waals surface area contributed by atoms with Crippen molar-refractivity contribution in [3.8, 4) is 11.1 Å². The lowest BCUT2D eigenvalue weighted by molar-refractivity contribution is 0.0397. The van der Waals surface area contributed by atoms with Gasteiger partial charge in [0.05, 0.1) is 23.7 Å². The SMILES string of the molecule is Cc1nc2c(-c3ccc(Cl)cc3F)cc(N3CCOC(c4cnn(C)c4)C3)cc2c(=O)o1. The average molecular weight is 455 g/mol. The molecule has 0 N–H and O–H groups in total. The molecule has 164 valence electrons. The standard InChI is InChI=1S/C23H20ClFN4O3/c1-13-27-22-18(17-4-3-15(24)7-20(17)25)8-16(9-19(22)23(30)32-13)29-5-6-31-21(12-29)14-10-26-28(2)11-14/h3-4,7-11,21H,5-6,12H2,1-2H3. The molecule has 4 aromatic rings. The maximum Gasteiger partial charge on any atom is 0.346 e. The number of morpholine rings is 1. The monoisotopic (exact) mass is 454 g/mol. The summed E-state index contributed by atoms with van der Waals surface area (Å²) >= 11 is 5.95. The summed E-state index contributed by atoms with van der Waals surface area (Å²) in [6, 6.07) is 8.06. The molecule has 5 rings (SSSR count). The number of rotatable bonds is 3. The molecule has 1 atom stereocenters. The van der Waals surface area contributed by atoms with Crippen molar-refractivity contribution in [2.75, 3.05) is 24.6 Å². The van der Waals surface area contributed by atoms with Crippen molar-refractivity contribution < 1.29 is 13.5 Å². The Morgan fingerprint density at radius 2 is 2.06 bits per heavy atom. The first-order valence-corrected chi connectivity index (χ1v) is 10.5. The molecule has 0 aliphatic carbocycles. The minimum atomic E-state index is -0.512. The summed E-state index contributed by atoms with van der Waals surface area (Å²) in [5.41, 5.74) is 2.43. The summed E-state index contributed by atoms with van der Waals surface area (Å²) in [4.78, 5) is 19.2. The smallest absolute Gasteiger partial charge is 0.346 e. The summed E-state index contributed by atoms with van der Waals surface area (Å²) in [6.07, 6.45) is 3.53. The molecular formula is C23H20ClFN4O3. The number of aromatic nitrogens is 3. The number of fused-ring (bicyclic) bond motifs is 1. The molecule has 3 heterocycles. The zero-order valence-electron chi connectivity index (χ0n) is 17.5. The van der Waals surface area contributed by atoms with Crippen LogP contribution in [0.15, 0.2) is 51.9 Å². The first-order chi connectivity index (χ1) is 15.4. The van der Waals surface area contributed by atoms with Gasteiger partial charge in [0.15, 0.2) is 5.89 Å². The van der Waals surface area contributed by atoms with Gasteiger partial charge in [0.25, 0.3) is 0 Å². The fourth-order valence-corrected chi connectivity index (χ4v) is 4.21. The topological polar surface area (TPSA) is 73.4 Å². The Morgan fingerprint density at radius 1 is 1.22 bits per heavy atom. The molecule has 1 fully saturated rings. The summed E-state index contributed by atoms with van der Waals surface area (Å²) < 4.78 is 27.8. The van der Waals surface area contributed by atoms with Crippen LogP contribution in [0.3, 0.4) is 0 Å². The molecule has 9 heteroatoms. The van der Waals surface area contributed by atoms with Gasteiger partial charge in [-0.2, -0.15) is 5.10 Å². The molecule has 2 aromatic carbocycles. The van der Waals surface area contributed by atoms with E-state index in [0.29, 0.717) is 46.7 Å². The van der Waals surface area contributed by atoms with Crippen LogP contribution in [-0.4, -0.2) is 34.5 Å². The predicted molar refractivity (Wildman–Crippen MR) is 120 cm³/mol. The van der Waals surface area contributed by atoms with Gasteiger partial charge in [0.2, 0.25) is 0 Å². The summed E-state index contributed by atoms with van der Waals surface area (Å²) in [7, 11) is 1.86. The summed E-state index contributed by atoms with van der Waals surface area (Å²) in [6.45, 7) is 3.28. The lowest BCUT2D eigenvalue weighted by Gasteiger charge is -2.34. The molecule has 1 saturated heterocycles. The van der Waals surface area contributed by atoms with Crippen molar-refractivity contribution in [1.29, 1.82) is 0 Å². The van der Waals surface area contributed by atoms with E-state index in [1.807, 2.05) is 19.3 Å². The maximum absolute atomic E-state index is 14.9. The molecule has 2 aromatic heterocycles. The van der Waals surface area contributed by atoms with Crippen molar-refractivity contribution in [2.45, 2.75) is 13.0 Å². The predicted octanol–water partition coefficient (Wildman–Crippen LogP) is 4.27. The van der Waals surface area contributed by atoms with E-state index in [9.17, 15) is 9.18 Å². The number of hydrogen-bond donors (Lipinski definition) is 0. The molecule has 1 aliphatic heterocycles. The van der Waals surface area contributed by atoms with Crippen LogP contribution in [0.4, 0.5) is 10.1 Å². The summed E-state index contributed by atoms with van der Waals surface area (Å²) in [5.74, 6) is -0.271. The zero-order chi connectivity index (χ0) is 22.4. The van der Waals surface area contributed by atoms with Gasteiger partial charge in [-0.25, -0.2) is 14.2 Å². The van der Waals surface area contributed by atoms with E-state index in [1.54, 1.807) is 36.0 Å². The van der Waals surface area contributed by atoms with Crippen molar-refractivity contribution in [1.82, 2.24) is 14.8 Å². The van der Waals surface area contributed by atoms with E-state index < -0.39 is 11.4 Å². The average Bonchev–Trinajstić information content (AvgIpc) is 3.20. The Hall–Kier alpha value is -3.23. The van der Waals surface area contributed by atoms with Gasteiger partial charge in [-0.05, 0) is 30.3 Å². The minimum absolute atomic E-state index is 0.170. The third-order valence-corrected chi connectivity index (χ3v) is 5.81. The highest BCUT2D eigenvalue weighted by molar-refractivity contribution is 6.30. The largest absolute Gasteiger partial charge is 0.408 e. The lowest BCUT2D eigenvalue weighted by Crippen LogP contribution is -2.38. The Labute approximate surface area is 188 Å². The summed E-state index contributed by atoms with van der Waals surface area (Å²) in [5, 5.41) is 4.81. The quantitative estimate of drug-likeness (QED) is 0.460. The number of anilines is 1. The van der Waals surface area contributed by atoms with Crippen molar-refractivity contribution in [3.05, 3.63) is 75.4 Å². The second-order valence-corrected chi connectivity index (χ2v) is 8.22. The van der Waals surface area contributed by atoms with E-state index in [4.69, 9.17) is 20.8 Å². The van der Waals surface area contributed by atoms with Crippen molar-refractivity contribution >= 4 is 28.2 Å². The fraction of sp³-hybridized carbons (Fsp3) is 0.261. The molecule has 0 bridgehead atoms. The first-order valence-electron chi connectivity index (χ1n) is 10.1. The van der Waals surface area contributed by atoms with E-state index in [-0.39, 0.29) is 12.0 Å². The Balaban J connectivity index is 1.64. The third kappa shape index (κ3) is 3.76. The van der Waals surface area contributed by atoms with Crippen LogP contribution in [0.25, 0.3) is 22.0 Å². The maximum atomic E-state index is 14.9. The number of nitrogens with zero attached hydrogens (tertiary/aromatic N) is 4. The molecular weight excluding hydrogens is 435 g/mol. The molecule has 1 unspecified atom stereocenters. The normalized spacial score (nSPS) is 16.6. The highest BCUT2D eigenvalue weighted by Crippen LogP contribution is 2.35. The van der Waals surface area contributed by atoms with Gasteiger partial charge < -0.3 is 14.1 Å². The van der Waals surface area contributed by atoms with Crippen LogP contribution in [0.5, 0.6) is 0 Å². The van der Waals surface area contributed by atoms with E-state index in [2.05, 4.69) is 15.0 Å².